The summed E-state index contributed by atoms with van der Waals surface area (Å²) in [7, 11) is -3.10. The number of nitrogens with zero attached hydrogens (tertiary/aromatic N) is 1. The van der Waals surface area contributed by atoms with E-state index in [0.717, 1.165) is 0 Å². The molecular formula is C12H21N3O3S. The van der Waals surface area contributed by atoms with Crippen LogP contribution in [0.2, 0.25) is 0 Å². The number of carbonyl (C=O) groups is 1. The lowest BCUT2D eigenvalue weighted by atomic mass is 10.1. The van der Waals surface area contributed by atoms with E-state index in [1.165, 1.54) is 10.6 Å². The number of terminal acetylenes is 1. The maximum atomic E-state index is 11.6. The quantitative estimate of drug-likeness (QED) is 0.645. The van der Waals surface area contributed by atoms with Crippen molar-refractivity contribution >= 4 is 15.9 Å². The highest BCUT2D eigenvalue weighted by Gasteiger charge is 2.26. The summed E-state index contributed by atoms with van der Waals surface area (Å²) >= 11 is 0. The van der Waals surface area contributed by atoms with Crippen LogP contribution >= 0.6 is 0 Å². The van der Waals surface area contributed by atoms with E-state index < -0.39 is 10.0 Å². The third-order valence-corrected chi connectivity index (χ3v) is 4.47. The van der Waals surface area contributed by atoms with Crippen molar-refractivity contribution in [1.82, 2.24) is 14.9 Å². The minimum atomic E-state index is -3.10. The molecule has 1 saturated heterocycles. The van der Waals surface area contributed by atoms with Gasteiger partial charge in [-0.1, -0.05) is 5.92 Å². The fourth-order valence-electron chi connectivity index (χ4n) is 2.07. The van der Waals surface area contributed by atoms with Gasteiger partial charge in [-0.2, -0.15) is 0 Å². The van der Waals surface area contributed by atoms with Gasteiger partial charge in [-0.15, -0.1) is 6.42 Å². The van der Waals surface area contributed by atoms with Gasteiger partial charge >= 0.3 is 0 Å². The van der Waals surface area contributed by atoms with Crippen molar-refractivity contribution in [3.8, 4) is 12.3 Å². The second kappa shape index (κ2) is 6.89. The van der Waals surface area contributed by atoms with Gasteiger partial charge < -0.3 is 10.6 Å². The first-order valence-corrected chi connectivity index (χ1v) is 8.11. The van der Waals surface area contributed by atoms with Crippen LogP contribution in [0, 0.1) is 12.3 Å². The maximum Gasteiger partial charge on any atom is 0.237 e. The van der Waals surface area contributed by atoms with Crippen molar-refractivity contribution in [1.29, 1.82) is 0 Å². The zero-order valence-corrected chi connectivity index (χ0v) is 12.2. The lowest BCUT2D eigenvalue weighted by Gasteiger charge is -2.32. The van der Waals surface area contributed by atoms with E-state index in [-0.39, 0.29) is 24.5 Å². The van der Waals surface area contributed by atoms with Gasteiger partial charge in [0.2, 0.25) is 15.9 Å². The molecule has 0 aliphatic carbocycles. The van der Waals surface area contributed by atoms with Crippen molar-refractivity contribution in [2.75, 3.05) is 25.9 Å². The third-order valence-electron chi connectivity index (χ3n) is 3.17. The number of amides is 1. The van der Waals surface area contributed by atoms with E-state index in [1.807, 2.05) is 0 Å². The number of piperidine rings is 1. The summed E-state index contributed by atoms with van der Waals surface area (Å²) in [6, 6.07) is -0.173. The minimum Gasteiger partial charge on any atom is -0.344 e. The number of sulfonamides is 1. The molecule has 1 aliphatic heterocycles. The molecular weight excluding hydrogens is 266 g/mol. The van der Waals surface area contributed by atoms with Crippen LogP contribution in [0.1, 0.15) is 19.8 Å². The summed E-state index contributed by atoms with van der Waals surface area (Å²) < 4.78 is 24.2. The molecule has 6 nitrogen and oxygen atoms in total. The average molecular weight is 287 g/mol. The van der Waals surface area contributed by atoms with Gasteiger partial charge in [-0.05, 0) is 19.8 Å². The molecule has 19 heavy (non-hydrogen) atoms. The van der Waals surface area contributed by atoms with Crippen molar-refractivity contribution in [2.45, 2.75) is 31.8 Å². The van der Waals surface area contributed by atoms with Crippen LogP contribution in [-0.2, 0) is 14.8 Å². The standard InChI is InChI=1S/C12H21N3O3S/c1-4-7-13-12(16)10(2)14-11-5-8-15(9-6-11)19(3,17)18/h1,10-11,14H,5-9H2,2-3H3,(H,13,16). The normalized spacial score (nSPS) is 19.6. The summed E-state index contributed by atoms with van der Waals surface area (Å²) in [5.74, 6) is 2.21. The Bertz CT molecular complexity index is 447. The lowest BCUT2D eigenvalue weighted by molar-refractivity contribution is -0.122. The molecule has 1 unspecified atom stereocenters. The van der Waals surface area contributed by atoms with Crippen molar-refractivity contribution in [3.63, 3.8) is 0 Å². The molecule has 1 amide bonds. The van der Waals surface area contributed by atoms with Crippen LogP contribution in [0.4, 0.5) is 0 Å². The highest BCUT2D eigenvalue weighted by Crippen LogP contribution is 2.13. The van der Waals surface area contributed by atoms with E-state index in [2.05, 4.69) is 16.6 Å². The predicted molar refractivity (Wildman–Crippen MR) is 73.9 cm³/mol. The molecule has 7 heteroatoms. The van der Waals surface area contributed by atoms with E-state index in [1.54, 1.807) is 6.92 Å². The van der Waals surface area contributed by atoms with Crippen LogP contribution in [0.5, 0.6) is 0 Å². The Morgan fingerprint density at radius 3 is 2.53 bits per heavy atom. The van der Waals surface area contributed by atoms with E-state index >= 15 is 0 Å². The summed E-state index contributed by atoms with van der Waals surface area (Å²) in [6.45, 7) is 2.98. The Labute approximate surface area is 115 Å². The van der Waals surface area contributed by atoms with Crippen molar-refractivity contribution in [3.05, 3.63) is 0 Å². The van der Waals surface area contributed by atoms with Gasteiger partial charge in [0.05, 0.1) is 18.8 Å². The highest BCUT2D eigenvalue weighted by atomic mass is 32.2. The largest absolute Gasteiger partial charge is 0.344 e. The highest BCUT2D eigenvalue weighted by molar-refractivity contribution is 7.88. The van der Waals surface area contributed by atoms with Crippen LogP contribution in [0.15, 0.2) is 0 Å². The molecule has 0 aromatic rings. The van der Waals surface area contributed by atoms with Gasteiger partial charge in [0, 0.05) is 19.1 Å². The Kier molecular flexibility index (Phi) is 5.79. The average Bonchev–Trinajstić information content (AvgIpc) is 2.35. The molecule has 1 fully saturated rings. The van der Waals surface area contributed by atoms with Crippen LogP contribution in [0.25, 0.3) is 0 Å². The summed E-state index contributed by atoms with van der Waals surface area (Å²) in [6.07, 6.45) is 7.70. The molecule has 1 aliphatic rings. The van der Waals surface area contributed by atoms with Gasteiger partial charge in [0.25, 0.3) is 0 Å². The molecule has 0 aromatic heterocycles. The van der Waals surface area contributed by atoms with Gasteiger partial charge in [-0.3, -0.25) is 4.79 Å². The third kappa shape index (κ3) is 5.19. The number of rotatable bonds is 5. The molecule has 1 heterocycles. The molecule has 0 saturated carbocycles. The Morgan fingerprint density at radius 1 is 1.47 bits per heavy atom. The molecule has 0 spiro atoms. The first-order valence-electron chi connectivity index (χ1n) is 6.27. The maximum absolute atomic E-state index is 11.6. The topological polar surface area (TPSA) is 78.5 Å². The minimum absolute atomic E-state index is 0.136. The first kappa shape index (κ1) is 16.0. The van der Waals surface area contributed by atoms with Crippen LogP contribution < -0.4 is 10.6 Å². The molecule has 1 rings (SSSR count). The summed E-state index contributed by atoms with van der Waals surface area (Å²) in [5.41, 5.74) is 0. The number of carbonyl (C=O) groups excluding carboxylic acids is 1. The Hall–Kier alpha value is -1.10. The molecule has 1 atom stereocenters. The Morgan fingerprint density at radius 2 is 2.05 bits per heavy atom. The van der Waals surface area contributed by atoms with Gasteiger partial charge in [0.1, 0.15) is 0 Å². The number of hydrogen-bond acceptors (Lipinski definition) is 4. The molecule has 0 bridgehead atoms. The summed E-state index contributed by atoms with van der Waals surface area (Å²) in [4.78, 5) is 11.6. The second-order valence-electron chi connectivity index (χ2n) is 4.75. The molecule has 0 aromatic carbocycles. The van der Waals surface area contributed by atoms with Gasteiger partial charge in [0.15, 0.2) is 0 Å². The molecule has 2 N–H and O–H groups in total. The monoisotopic (exact) mass is 287 g/mol. The van der Waals surface area contributed by atoms with Crippen molar-refractivity contribution in [2.24, 2.45) is 0 Å². The summed E-state index contributed by atoms with van der Waals surface area (Å²) in [5, 5.41) is 5.81. The molecule has 108 valence electrons. The Balaban J connectivity index is 2.37. The fraction of sp³-hybridized carbons (Fsp3) is 0.750. The van der Waals surface area contributed by atoms with E-state index in [4.69, 9.17) is 6.42 Å². The smallest absolute Gasteiger partial charge is 0.237 e. The number of nitrogens with one attached hydrogen (secondary N) is 2. The predicted octanol–water partition coefficient (Wildman–Crippen LogP) is -0.862. The van der Waals surface area contributed by atoms with Crippen molar-refractivity contribution < 1.29 is 13.2 Å². The fourth-order valence-corrected chi connectivity index (χ4v) is 2.95. The lowest BCUT2D eigenvalue weighted by Crippen LogP contribution is -2.51. The van der Waals surface area contributed by atoms with E-state index in [9.17, 15) is 13.2 Å². The van der Waals surface area contributed by atoms with Crippen LogP contribution in [-0.4, -0.2) is 56.6 Å². The first-order chi connectivity index (χ1) is 8.84. The zero-order valence-electron chi connectivity index (χ0n) is 11.3. The second-order valence-corrected chi connectivity index (χ2v) is 6.73. The zero-order chi connectivity index (χ0) is 14.5. The number of hydrogen-bond donors (Lipinski definition) is 2. The van der Waals surface area contributed by atoms with Crippen LogP contribution in [0.3, 0.4) is 0 Å². The van der Waals surface area contributed by atoms with E-state index in [0.29, 0.717) is 25.9 Å². The SMILES string of the molecule is C#CCNC(=O)C(C)NC1CCN(S(C)(=O)=O)CC1. The molecule has 0 radical (unpaired) electrons. The van der Waals surface area contributed by atoms with Gasteiger partial charge in [-0.25, -0.2) is 12.7 Å².